The van der Waals surface area contributed by atoms with E-state index in [0.717, 1.165) is 11.7 Å². The van der Waals surface area contributed by atoms with Gasteiger partial charge in [-0.25, -0.2) is 4.79 Å². The van der Waals surface area contributed by atoms with Crippen LogP contribution in [0.1, 0.15) is 20.8 Å². The van der Waals surface area contributed by atoms with Gasteiger partial charge < -0.3 is 24.4 Å². The molecule has 1 fully saturated rings. The van der Waals surface area contributed by atoms with Gasteiger partial charge in [0.2, 0.25) is 5.82 Å². The van der Waals surface area contributed by atoms with Crippen molar-refractivity contribution in [1.82, 2.24) is 13.6 Å². The van der Waals surface area contributed by atoms with E-state index in [1.165, 1.54) is 0 Å². The van der Waals surface area contributed by atoms with Crippen LogP contribution in [0, 0.1) is 0 Å². The van der Waals surface area contributed by atoms with E-state index >= 15 is 0 Å². The Balaban J connectivity index is 1.89. The standard InChI is InChI=1S/C13H22N4O4S/c1-13(2,3)21-12(19)17-6-4-16(5-7-17)10-11(15-22-14-10)20-9-8-18/h18H,4-9H2,1-3H3. The molecule has 0 aliphatic carbocycles. The molecule has 1 aliphatic heterocycles. The molecule has 22 heavy (non-hydrogen) atoms. The summed E-state index contributed by atoms with van der Waals surface area (Å²) in [5.74, 6) is 1.10. The lowest BCUT2D eigenvalue weighted by atomic mass is 10.2. The lowest BCUT2D eigenvalue weighted by Gasteiger charge is -2.35. The summed E-state index contributed by atoms with van der Waals surface area (Å²) < 4.78 is 19.0. The highest BCUT2D eigenvalue weighted by molar-refractivity contribution is 6.99. The molecule has 1 amide bonds. The minimum atomic E-state index is -0.488. The Morgan fingerprint density at radius 2 is 1.95 bits per heavy atom. The molecule has 8 nitrogen and oxygen atoms in total. The first-order valence-electron chi connectivity index (χ1n) is 7.20. The molecule has 1 N–H and O–H groups in total. The van der Waals surface area contributed by atoms with Crippen molar-refractivity contribution in [3.8, 4) is 5.88 Å². The topological polar surface area (TPSA) is 88.0 Å². The van der Waals surface area contributed by atoms with Crippen molar-refractivity contribution in [2.75, 3.05) is 44.3 Å². The zero-order valence-corrected chi connectivity index (χ0v) is 13.9. The molecule has 1 aliphatic rings. The Bertz CT molecular complexity index is 494. The number of anilines is 1. The van der Waals surface area contributed by atoms with Crippen LogP contribution in [0.15, 0.2) is 0 Å². The van der Waals surface area contributed by atoms with Gasteiger partial charge >= 0.3 is 6.09 Å². The molecule has 0 radical (unpaired) electrons. The van der Waals surface area contributed by atoms with Crippen LogP contribution in [0.4, 0.5) is 10.6 Å². The third kappa shape index (κ3) is 4.44. The molecule has 0 atom stereocenters. The van der Waals surface area contributed by atoms with E-state index in [1.54, 1.807) is 4.90 Å². The maximum absolute atomic E-state index is 12.0. The summed E-state index contributed by atoms with van der Waals surface area (Å²) in [5.41, 5.74) is -0.488. The van der Waals surface area contributed by atoms with Crippen LogP contribution in [-0.2, 0) is 4.74 Å². The Morgan fingerprint density at radius 1 is 1.27 bits per heavy atom. The summed E-state index contributed by atoms with van der Waals surface area (Å²) in [4.78, 5) is 15.7. The predicted molar refractivity (Wildman–Crippen MR) is 82.5 cm³/mol. The maximum Gasteiger partial charge on any atom is 0.410 e. The Kier molecular flexibility index (Phi) is 5.41. The van der Waals surface area contributed by atoms with E-state index in [0.29, 0.717) is 37.9 Å². The first-order valence-corrected chi connectivity index (χ1v) is 7.93. The fourth-order valence-corrected chi connectivity index (χ4v) is 2.55. The summed E-state index contributed by atoms with van der Waals surface area (Å²) in [6.45, 7) is 8.09. The van der Waals surface area contributed by atoms with Crippen molar-refractivity contribution in [3.63, 3.8) is 0 Å². The second-order valence-corrected chi connectivity index (χ2v) is 6.45. The van der Waals surface area contributed by atoms with E-state index in [-0.39, 0.29) is 19.3 Å². The van der Waals surface area contributed by atoms with Crippen molar-refractivity contribution in [1.29, 1.82) is 0 Å². The highest BCUT2D eigenvalue weighted by Crippen LogP contribution is 2.26. The summed E-state index contributed by atoms with van der Waals surface area (Å²) in [6.07, 6.45) is -0.291. The molecule has 0 saturated carbocycles. The molecule has 0 unspecified atom stereocenters. The molecule has 1 aromatic heterocycles. The number of amides is 1. The highest BCUT2D eigenvalue weighted by atomic mass is 32.1. The van der Waals surface area contributed by atoms with Crippen molar-refractivity contribution in [2.24, 2.45) is 0 Å². The minimum absolute atomic E-state index is 0.0661. The van der Waals surface area contributed by atoms with Crippen LogP contribution >= 0.6 is 11.7 Å². The van der Waals surface area contributed by atoms with Gasteiger partial charge in [-0.2, -0.15) is 4.37 Å². The quantitative estimate of drug-likeness (QED) is 0.880. The second-order valence-electron chi connectivity index (χ2n) is 5.92. The maximum atomic E-state index is 12.0. The normalized spacial score (nSPS) is 15.8. The molecule has 9 heteroatoms. The Morgan fingerprint density at radius 3 is 2.55 bits per heavy atom. The lowest BCUT2D eigenvalue weighted by Crippen LogP contribution is -2.50. The number of ether oxygens (including phenoxy) is 2. The fraction of sp³-hybridized carbons (Fsp3) is 0.769. The first kappa shape index (κ1) is 16.8. The number of aliphatic hydroxyl groups excluding tert-OH is 1. The van der Waals surface area contributed by atoms with Gasteiger partial charge in [-0.05, 0) is 20.8 Å². The van der Waals surface area contributed by atoms with Gasteiger partial charge in [-0.1, -0.05) is 0 Å². The number of piperazine rings is 1. The number of nitrogens with zero attached hydrogens (tertiary/aromatic N) is 4. The molecule has 1 aromatic rings. The van der Waals surface area contributed by atoms with Crippen LogP contribution in [0.2, 0.25) is 0 Å². The number of carbonyl (C=O) groups is 1. The van der Waals surface area contributed by atoms with E-state index in [9.17, 15) is 4.79 Å². The number of aromatic nitrogens is 2. The van der Waals surface area contributed by atoms with Gasteiger partial charge in [0, 0.05) is 26.2 Å². The molecule has 1 saturated heterocycles. The van der Waals surface area contributed by atoms with Crippen LogP contribution in [0.3, 0.4) is 0 Å². The molecule has 2 rings (SSSR count). The van der Waals surface area contributed by atoms with Crippen LogP contribution in [0.25, 0.3) is 0 Å². The average molecular weight is 330 g/mol. The van der Waals surface area contributed by atoms with Crippen LogP contribution in [0.5, 0.6) is 5.88 Å². The summed E-state index contributed by atoms with van der Waals surface area (Å²) in [7, 11) is 0. The molecule has 0 bridgehead atoms. The second kappa shape index (κ2) is 7.10. The average Bonchev–Trinajstić information content (AvgIpc) is 2.91. The molecule has 0 aromatic carbocycles. The lowest BCUT2D eigenvalue weighted by molar-refractivity contribution is 0.0240. The van der Waals surface area contributed by atoms with E-state index in [2.05, 4.69) is 8.75 Å². The smallest absolute Gasteiger partial charge is 0.410 e. The molecular weight excluding hydrogens is 308 g/mol. The van der Waals surface area contributed by atoms with Crippen molar-refractivity contribution in [2.45, 2.75) is 26.4 Å². The minimum Gasteiger partial charge on any atom is -0.472 e. The van der Waals surface area contributed by atoms with Gasteiger partial charge in [-0.15, -0.1) is 4.37 Å². The molecular formula is C13H22N4O4S. The predicted octanol–water partition coefficient (Wildman–Crippen LogP) is 0.966. The highest BCUT2D eigenvalue weighted by Gasteiger charge is 2.28. The number of rotatable bonds is 4. The van der Waals surface area contributed by atoms with Gasteiger partial charge in [0.15, 0.2) is 0 Å². The van der Waals surface area contributed by atoms with E-state index in [4.69, 9.17) is 14.6 Å². The molecule has 124 valence electrons. The monoisotopic (exact) mass is 330 g/mol. The van der Waals surface area contributed by atoms with Crippen LogP contribution in [-0.4, -0.2) is 69.8 Å². The Hall–Kier alpha value is -1.61. The van der Waals surface area contributed by atoms with Gasteiger partial charge in [0.25, 0.3) is 5.88 Å². The summed E-state index contributed by atoms with van der Waals surface area (Å²) in [5, 5.41) is 8.81. The van der Waals surface area contributed by atoms with E-state index in [1.807, 2.05) is 25.7 Å². The number of hydrogen-bond acceptors (Lipinski definition) is 8. The van der Waals surface area contributed by atoms with Crippen molar-refractivity contribution < 1.29 is 19.4 Å². The SMILES string of the molecule is CC(C)(C)OC(=O)N1CCN(c2nsnc2OCCO)CC1. The summed E-state index contributed by atoms with van der Waals surface area (Å²) in [6, 6.07) is 0. The number of carbonyl (C=O) groups excluding carboxylic acids is 1. The summed E-state index contributed by atoms with van der Waals surface area (Å²) >= 11 is 1.07. The third-order valence-electron chi connectivity index (χ3n) is 3.00. The molecule has 0 spiro atoms. The van der Waals surface area contributed by atoms with E-state index < -0.39 is 5.60 Å². The largest absolute Gasteiger partial charge is 0.472 e. The van der Waals surface area contributed by atoms with Crippen LogP contribution < -0.4 is 9.64 Å². The zero-order chi connectivity index (χ0) is 16.2. The number of aliphatic hydroxyl groups is 1. The molecule has 2 heterocycles. The fourth-order valence-electron chi connectivity index (χ4n) is 2.03. The van der Waals surface area contributed by atoms with Crippen molar-refractivity contribution >= 4 is 23.6 Å². The van der Waals surface area contributed by atoms with Gasteiger partial charge in [0.05, 0.1) is 18.3 Å². The van der Waals surface area contributed by atoms with Crippen molar-refractivity contribution in [3.05, 3.63) is 0 Å². The zero-order valence-electron chi connectivity index (χ0n) is 13.1. The third-order valence-corrected chi connectivity index (χ3v) is 3.51. The van der Waals surface area contributed by atoms with Gasteiger partial charge in [-0.3, -0.25) is 0 Å². The first-order chi connectivity index (χ1) is 10.4. The Labute approximate surface area is 134 Å². The number of hydrogen-bond donors (Lipinski definition) is 1. The van der Waals surface area contributed by atoms with Gasteiger partial charge in [0.1, 0.15) is 12.2 Å².